The lowest BCUT2D eigenvalue weighted by molar-refractivity contribution is -0.384. The zero-order valence-corrected chi connectivity index (χ0v) is 17.2. The van der Waals surface area contributed by atoms with Gasteiger partial charge in [-0.05, 0) is 30.9 Å². The van der Waals surface area contributed by atoms with Gasteiger partial charge in [-0.2, -0.15) is 0 Å². The highest BCUT2D eigenvalue weighted by atomic mass is 16.6. The molecule has 0 aliphatic carbocycles. The van der Waals surface area contributed by atoms with E-state index in [2.05, 4.69) is 5.32 Å². The lowest BCUT2D eigenvalue weighted by Gasteiger charge is -2.24. The minimum absolute atomic E-state index is 0.0822. The SMILES string of the molecule is CCCOc1cc(NC(=O)[C@H]2COc3ccccc3C2)c([N+](=O)[O-])cc1OCCC. The molecular formula is C22H26N2O6. The molecule has 1 N–H and O–H groups in total. The number of ether oxygens (including phenoxy) is 3. The summed E-state index contributed by atoms with van der Waals surface area (Å²) < 4.78 is 17.0. The van der Waals surface area contributed by atoms with E-state index in [0.717, 1.165) is 24.2 Å². The molecule has 1 atom stereocenters. The second-order valence-electron chi connectivity index (χ2n) is 7.08. The van der Waals surface area contributed by atoms with E-state index in [1.807, 2.05) is 38.1 Å². The summed E-state index contributed by atoms with van der Waals surface area (Å²) in [6.07, 6.45) is 2.03. The number of nitro benzene ring substituents is 1. The van der Waals surface area contributed by atoms with Crippen molar-refractivity contribution in [2.75, 3.05) is 25.1 Å². The van der Waals surface area contributed by atoms with Crippen LogP contribution in [-0.4, -0.2) is 30.7 Å². The van der Waals surface area contributed by atoms with Crippen LogP contribution >= 0.6 is 0 Å². The van der Waals surface area contributed by atoms with Gasteiger partial charge in [0.1, 0.15) is 18.0 Å². The molecule has 0 aromatic heterocycles. The molecule has 1 heterocycles. The maximum Gasteiger partial charge on any atom is 0.296 e. The Morgan fingerprint density at radius 3 is 2.50 bits per heavy atom. The Bertz CT molecular complexity index is 914. The highest BCUT2D eigenvalue weighted by Gasteiger charge is 2.28. The van der Waals surface area contributed by atoms with E-state index in [4.69, 9.17) is 14.2 Å². The van der Waals surface area contributed by atoms with Gasteiger partial charge in [0.25, 0.3) is 5.69 Å². The van der Waals surface area contributed by atoms with Crippen molar-refractivity contribution in [1.82, 2.24) is 0 Å². The lowest BCUT2D eigenvalue weighted by atomic mass is 9.96. The fourth-order valence-corrected chi connectivity index (χ4v) is 3.18. The van der Waals surface area contributed by atoms with Gasteiger partial charge in [-0.15, -0.1) is 0 Å². The summed E-state index contributed by atoms with van der Waals surface area (Å²) in [6, 6.07) is 10.3. The van der Waals surface area contributed by atoms with Gasteiger partial charge in [0.2, 0.25) is 5.91 Å². The summed E-state index contributed by atoms with van der Waals surface area (Å²) in [5, 5.41) is 14.3. The lowest BCUT2D eigenvalue weighted by Crippen LogP contribution is -2.32. The Morgan fingerprint density at radius 2 is 1.83 bits per heavy atom. The predicted molar refractivity (Wildman–Crippen MR) is 112 cm³/mol. The molecule has 0 bridgehead atoms. The number of nitro groups is 1. The number of para-hydroxylation sites is 1. The molecule has 2 aromatic carbocycles. The highest BCUT2D eigenvalue weighted by Crippen LogP contribution is 2.39. The van der Waals surface area contributed by atoms with Crippen LogP contribution in [0.3, 0.4) is 0 Å². The van der Waals surface area contributed by atoms with Gasteiger partial charge in [0.15, 0.2) is 11.5 Å². The Morgan fingerprint density at radius 1 is 1.17 bits per heavy atom. The number of carbonyl (C=O) groups excluding carboxylic acids is 1. The Hall–Kier alpha value is -3.29. The van der Waals surface area contributed by atoms with Crippen LogP contribution in [0.5, 0.6) is 17.2 Å². The highest BCUT2D eigenvalue weighted by molar-refractivity contribution is 5.95. The standard InChI is InChI=1S/C22H26N2O6/c1-3-9-28-20-12-17(18(24(26)27)13-21(20)29-10-4-2)23-22(25)16-11-15-7-5-6-8-19(15)30-14-16/h5-8,12-13,16H,3-4,9-11,14H2,1-2H3,(H,23,25)/t16-/m1/s1. The van der Waals surface area contributed by atoms with Crippen LogP contribution in [-0.2, 0) is 11.2 Å². The van der Waals surface area contributed by atoms with Gasteiger partial charge in [-0.1, -0.05) is 32.0 Å². The Kier molecular flexibility index (Phi) is 7.11. The molecule has 1 aliphatic rings. The molecule has 0 saturated heterocycles. The Labute approximate surface area is 175 Å². The smallest absolute Gasteiger partial charge is 0.296 e. The molecule has 8 heteroatoms. The van der Waals surface area contributed by atoms with Crippen LogP contribution in [0, 0.1) is 16.0 Å². The van der Waals surface area contributed by atoms with Gasteiger partial charge in [0.05, 0.1) is 30.1 Å². The number of hydrogen-bond acceptors (Lipinski definition) is 6. The number of benzene rings is 2. The first-order valence-corrected chi connectivity index (χ1v) is 10.1. The number of amides is 1. The molecule has 30 heavy (non-hydrogen) atoms. The molecule has 160 valence electrons. The summed E-state index contributed by atoms with van der Waals surface area (Å²) in [5.41, 5.74) is 0.780. The number of nitrogens with zero attached hydrogens (tertiary/aromatic N) is 1. The molecule has 0 spiro atoms. The van der Waals surface area contributed by atoms with E-state index >= 15 is 0 Å². The summed E-state index contributed by atoms with van der Waals surface area (Å²) in [6.45, 7) is 4.96. The third-order valence-corrected chi connectivity index (χ3v) is 4.69. The van der Waals surface area contributed by atoms with Gasteiger partial charge in [-0.25, -0.2) is 0 Å². The third kappa shape index (κ3) is 5.00. The van der Waals surface area contributed by atoms with Gasteiger partial charge in [-0.3, -0.25) is 14.9 Å². The Balaban J connectivity index is 1.84. The molecule has 2 aromatic rings. The average molecular weight is 414 g/mol. The first kappa shape index (κ1) is 21.4. The molecule has 0 radical (unpaired) electrons. The number of carbonyl (C=O) groups is 1. The van der Waals surface area contributed by atoms with E-state index in [9.17, 15) is 14.9 Å². The van der Waals surface area contributed by atoms with Gasteiger partial charge in [0, 0.05) is 6.07 Å². The van der Waals surface area contributed by atoms with Crippen LogP contribution < -0.4 is 19.5 Å². The number of hydrogen-bond donors (Lipinski definition) is 1. The van der Waals surface area contributed by atoms with Crippen LogP contribution in [0.2, 0.25) is 0 Å². The molecular weight excluding hydrogens is 388 g/mol. The summed E-state index contributed by atoms with van der Waals surface area (Å²) >= 11 is 0. The maximum absolute atomic E-state index is 12.8. The zero-order valence-electron chi connectivity index (χ0n) is 17.2. The topological polar surface area (TPSA) is 99.9 Å². The maximum atomic E-state index is 12.8. The van der Waals surface area contributed by atoms with Crippen molar-refractivity contribution >= 4 is 17.3 Å². The quantitative estimate of drug-likeness (QED) is 0.483. The van der Waals surface area contributed by atoms with Gasteiger partial charge >= 0.3 is 0 Å². The van der Waals surface area contributed by atoms with Crippen molar-refractivity contribution in [3.05, 3.63) is 52.1 Å². The second kappa shape index (κ2) is 9.96. The van der Waals surface area contributed by atoms with Crippen LogP contribution in [0.1, 0.15) is 32.3 Å². The van der Waals surface area contributed by atoms with Crippen LogP contribution in [0.15, 0.2) is 36.4 Å². The minimum Gasteiger partial charge on any atom is -0.492 e. The number of fused-ring (bicyclic) bond motifs is 1. The summed E-state index contributed by atoms with van der Waals surface area (Å²) in [7, 11) is 0. The molecule has 8 nitrogen and oxygen atoms in total. The van der Waals surface area contributed by atoms with Crippen LogP contribution in [0.25, 0.3) is 0 Å². The van der Waals surface area contributed by atoms with Crippen molar-refractivity contribution in [2.24, 2.45) is 5.92 Å². The number of anilines is 1. The van der Waals surface area contributed by atoms with Crippen molar-refractivity contribution in [1.29, 1.82) is 0 Å². The number of nitrogens with one attached hydrogen (secondary N) is 1. The van der Waals surface area contributed by atoms with E-state index < -0.39 is 10.8 Å². The largest absolute Gasteiger partial charge is 0.492 e. The van der Waals surface area contributed by atoms with Crippen molar-refractivity contribution < 1.29 is 23.9 Å². The zero-order chi connectivity index (χ0) is 21.5. The first-order chi connectivity index (χ1) is 14.5. The van der Waals surface area contributed by atoms with Crippen molar-refractivity contribution in [3.63, 3.8) is 0 Å². The molecule has 3 rings (SSSR count). The van der Waals surface area contributed by atoms with Crippen molar-refractivity contribution in [3.8, 4) is 17.2 Å². The van der Waals surface area contributed by atoms with E-state index in [0.29, 0.717) is 31.1 Å². The minimum atomic E-state index is -0.537. The molecule has 1 amide bonds. The fraction of sp³-hybridized carbons (Fsp3) is 0.409. The number of rotatable bonds is 9. The first-order valence-electron chi connectivity index (χ1n) is 10.1. The van der Waals surface area contributed by atoms with Crippen LogP contribution in [0.4, 0.5) is 11.4 Å². The van der Waals surface area contributed by atoms with Crippen molar-refractivity contribution in [2.45, 2.75) is 33.1 Å². The summed E-state index contributed by atoms with van der Waals surface area (Å²) in [5.74, 6) is 0.647. The normalized spacial score (nSPS) is 14.9. The average Bonchev–Trinajstić information content (AvgIpc) is 2.76. The molecule has 0 saturated carbocycles. The second-order valence-corrected chi connectivity index (χ2v) is 7.08. The third-order valence-electron chi connectivity index (χ3n) is 4.69. The predicted octanol–water partition coefficient (Wildman–Crippen LogP) is 4.36. The van der Waals surface area contributed by atoms with Gasteiger partial charge < -0.3 is 19.5 Å². The summed E-state index contributed by atoms with van der Waals surface area (Å²) in [4.78, 5) is 23.9. The van der Waals surface area contributed by atoms with E-state index in [1.54, 1.807) is 0 Å². The van der Waals surface area contributed by atoms with E-state index in [-0.39, 0.29) is 23.9 Å². The monoisotopic (exact) mass is 414 g/mol. The molecule has 0 fully saturated rings. The molecule has 1 aliphatic heterocycles. The molecule has 0 unspecified atom stereocenters. The fourth-order valence-electron chi connectivity index (χ4n) is 3.18. The van der Waals surface area contributed by atoms with E-state index in [1.165, 1.54) is 12.1 Å².